The third kappa shape index (κ3) is 0.814. The highest BCUT2D eigenvalue weighted by molar-refractivity contribution is 5.74. The summed E-state index contributed by atoms with van der Waals surface area (Å²) in [5.74, 6) is -0.641. The zero-order chi connectivity index (χ0) is 7.14. The number of carbonyl (C=O) groups is 1. The van der Waals surface area contributed by atoms with E-state index >= 15 is 0 Å². The van der Waals surface area contributed by atoms with Crippen molar-refractivity contribution >= 4 is 5.97 Å². The van der Waals surface area contributed by atoms with Crippen LogP contribution in [0.4, 0.5) is 0 Å². The van der Waals surface area contributed by atoms with E-state index < -0.39 is 5.97 Å². The predicted octanol–water partition coefficient (Wildman–Crippen LogP) is 0.308. The number of likely N-dealkylation sites (tertiary alicyclic amines) is 1. The third-order valence-corrected chi connectivity index (χ3v) is 2.36. The molecule has 0 radical (unpaired) electrons. The second-order valence-electron chi connectivity index (χ2n) is 3.11. The van der Waals surface area contributed by atoms with E-state index in [1.54, 1.807) is 0 Å². The molecule has 2 aliphatic rings. The van der Waals surface area contributed by atoms with Crippen molar-refractivity contribution in [3.8, 4) is 0 Å². The molecule has 1 aliphatic heterocycles. The second-order valence-corrected chi connectivity index (χ2v) is 3.11. The summed E-state index contributed by atoms with van der Waals surface area (Å²) in [5.41, 5.74) is 0. The Kier molecular flexibility index (Phi) is 1.20. The minimum atomic E-state index is -0.641. The van der Waals surface area contributed by atoms with E-state index in [-0.39, 0.29) is 6.04 Å². The van der Waals surface area contributed by atoms with Gasteiger partial charge in [0, 0.05) is 12.6 Å². The maximum atomic E-state index is 10.5. The highest BCUT2D eigenvalue weighted by atomic mass is 16.4. The van der Waals surface area contributed by atoms with Gasteiger partial charge in [0.05, 0.1) is 0 Å². The third-order valence-electron chi connectivity index (χ3n) is 2.36. The first kappa shape index (κ1) is 6.16. The fourth-order valence-electron chi connectivity index (χ4n) is 1.52. The first-order valence-electron chi connectivity index (χ1n) is 3.77. The van der Waals surface area contributed by atoms with Crippen molar-refractivity contribution in [2.75, 3.05) is 6.54 Å². The molecule has 2 rings (SSSR count). The molecule has 1 saturated heterocycles. The van der Waals surface area contributed by atoms with Gasteiger partial charge < -0.3 is 5.11 Å². The number of nitrogens with zero attached hydrogens (tertiary/aromatic N) is 1. The molecule has 0 amide bonds. The Hall–Kier alpha value is -0.570. The number of hydrogen-bond donors (Lipinski definition) is 1. The van der Waals surface area contributed by atoms with Gasteiger partial charge in [-0.2, -0.15) is 0 Å². The zero-order valence-corrected chi connectivity index (χ0v) is 5.79. The van der Waals surface area contributed by atoms with E-state index in [4.69, 9.17) is 5.11 Å². The second kappa shape index (κ2) is 1.95. The van der Waals surface area contributed by atoms with Crippen molar-refractivity contribution in [2.45, 2.75) is 31.3 Å². The van der Waals surface area contributed by atoms with E-state index in [1.165, 1.54) is 12.8 Å². The highest BCUT2D eigenvalue weighted by Gasteiger charge is 2.42. The first-order valence-corrected chi connectivity index (χ1v) is 3.77. The number of carboxylic acid groups (broad SMARTS) is 1. The normalized spacial score (nSPS) is 33.4. The molecule has 0 aromatic carbocycles. The molecular weight excluding hydrogens is 130 g/mol. The van der Waals surface area contributed by atoms with Crippen LogP contribution in [0.15, 0.2) is 0 Å². The largest absolute Gasteiger partial charge is 0.480 e. The Balaban J connectivity index is 1.92. The standard InChI is InChI=1S/C7H11NO2/c9-7(10)6-3-4-8(6)5-1-2-5/h5-6H,1-4H2,(H,9,10). The molecule has 1 aliphatic carbocycles. The summed E-state index contributed by atoms with van der Waals surface area (Å²) in [6.07, 6.45) is 3.28. The maximum absolute atomic E-state index is 10.5. The number of aliphatic carboxylic acids is 1. The van der Waals surface area contributed by atoms with E-state index in [0.29, 0.717) is 6.04 Å². The maximum Gasteiger partial charge on any atom is 0.320 e. The van der Waals surface area contributed by atoms with E-state index in [9.17, 15) is 4.79 Å². The molecule has 0 bridgehead atoms. The van der Waals surface area contributed by atoms with E-state index in [1.807, 2.05) is 0 Å². The molecule has 0 aromatic heterocycles. The van der Waals surface area contributed by atoms with Crippen LogP contribution in [0, 0.1) is 0 Å². The fraction of sp³-hybridized carbons (Fsp3) is 0.857. The molecule has 1 saturated carbocycles. The molecule has 1 unspecified atom stereocenters. The van der Waals surface area contributed by atoms with Gasteiger partial charge in [-0.25, -0.2) is 0 Å². The average Bonchev–Trinajstić information content (AvgIpc) is 2.43. The summed E-state index contributed by atoms with van der Waals surface area (Å²) in [6.45, 7) is 1.00. The molecule has 2 fully saturated rings. The number of hydrogen-bond acceptors (Lipinski definition) is 2. The van der Waals surface area contributed by atoms with Crippen LogP contribution in [0.3, 0.4) is 0 Å². The molecule has 3 heteroatoms. The van der Waals surface area contributed by atoms with Gasteiger partial charge in [-0.05, 0) is 19.3 Å². The van der Waals surface area contributed by atoms with Gasteiger partial charge in [0.15, 0.2) is 0 Å². The zero-order valence-electron chi connectivity index (χ0n) is 5.79. The van der Waals surface area contributed by atoms with Gasteiger partial charge in [0.2, 0.25) is 0 Å². The number of carboxylic acids is 1. The molecule has 10 heavy (non-hydrogen) atoms. The first-order chi connectivity index (χ1) is 4.79. The summed E-state index contributed by atoms with van der Waals surface area (Å²) in [4.78, 5) is 12.6. The quantitative estimate of drug-likeness (QED) is 0.601. The Morgan fingerprint density at radius 3 is 2.40 bits per heavy atom. The van der Waals surface area contributed by atoms with Crippen molar-refractivity contribution in [1.29, 1.82) is 0 Å². The topological polar surface area (TPSA) is 40.5 Å². The molecule has 3 nitrogen and oxygen atoms in total. The molecule has 1 heterocycles. The van der Waals surface area contributed by atoms with Crippen LogP contribution in [0.5, 0.6) is 0 Å². The minimum absolute atomic E-state index is 0.146. The Morgan fingerprint density at radius 2 is 2.10 bits per heavy atom. The van der Waals surface area contributed by atoms with Crippen LogP contribution < -0.4 is 0 Å². The molecule has 1 atom stereocenters. The van der Waals surface area contributed by atoms with Crippen LogP contribution in [-0.4, -0.2) is 34.6 Å². The highest BCUT2D eigenvalue weighted by Crippen LogP contribution is 2.34. The lowest BCUT2D eigenvalue weighted by Gasteiger charge is -2.37. The summed E-state index contributed by atoms with van der Waals surface area (Å²) in [5, 5.41) is 8.64. The van der Waals surface area contributed by atoms with Gasteiger partial charge >= 0.3 is 5.97 Å². The van der Waals surface area contributed by atoms with Gasteiger partial charge in [0.1, 0.15) is 6.04 Å². The van der Waals surface area contributed by atoms with Gasteiger partial charge in [0.25, 0.3) is 0 Å². The monoisotopic (exact) mass is 141 g/mol. The van der Waals surface area contributed by atoms with Crippen LogP contribution in [0.1, 0.15) is 19.3 Å². The van der Waals surface area contributed by atoms with Crippen molar-refractivity contribution in [3.63, 3.8) is 0 Å². The lowest BCUT2D eigenvalue weighted by molar-refractivity contribution is -0.148. The van der Waals surface area contributed by atoms with Crippen molar-refractivity contribution in [1.82, 2.24) is 4.90 Å². The van der Waals surface area contributed by atoms with Crippen LogP contribution in [0.2, 0.25) is 0 Å². The van der Waals surface area contributed by atoms with E-state index in [2.05, 4.69) is 4.90 Å². The van der Waals surface area contributed by atoms with Gasteiger partial charge in [-0.3, -0.25) is 9.69 Å². The van der Waals surface area contributed by atoms with Crippen molar-refractivity contribution < 1.29 is 9.90 Å². The summed E-state index contributed by atoms with van der Waals surface area (Å²) < 4.78 is 0. The smallest absolute Gasteiger partial charge is 0.320 e. The van der Waals surface area contributed by atoms with Crippen molar-refractivity contribution in [3.05, 3.63) is 0 Å². The van der Waals surface area contributed by atoms with Gasteiger partial charge in [-0.1, -0.05) is 0 Å². The Bertz CT molecular complexity index is 165. The average molecular weight is 141 g/mol. The number of rotatable bonds is 2. The minimum Gasteiger partial charge on any atom is -0.480 e. The fourth-order valence-corrected chi connectivity index (χ4v) is 1.52. The lowest BCUT2D eigenvalue weighted by Crippen LogP contribution is -2.53. The summed E-state index contributed by atoms with van der Waals surface area (Å²) in [6, 6.07) is 0.474. The predicted molar refractivity (Wildman–Crippen MR) is 35.8 cm³/mol. The molecule has 0 aromatic rings. The molecule has 56 valence electrons. The molecular formula is C7H11NO2. The van der Waals surface area contributed by atoms with Gasteiger partial charge in [-0.15, -0.1) is 0 Å². The lowest BCUT2D eigenvalue weighted by atomic mass is 10.0. The van der Waals surface area contributed by atoms with Crippen LogP contribution in [-0.2, 0) is 4.79 Å². The van der Waals surface area contributed by atoms with Crippen molar-refractivity contribution in [2.24, 2.45) is 0 Å². The SMILES string of the molecule is O=C(O)C1CCN1C1CC1. The summed E-state index contributed by atoms with van der Waals surface area (Å²) >= 11 is 0. The summed E-state index contributed by atoms with van der Waals surface area (Å²) in [7, 11) is 0. The van der Waals surface area contributed by atoms with E-state index in [0.717, 1.165) is 13.0 Å². The Morgan fingerprint density at radius 1 is 1.40 bits per heavy atom. The Labute approximate surface area is 59.6 Å². The van der Waals surface area contributed by atoms with Crippen LogP contribution >= 0.6 is 0 Å². The molecule has 0 spiro atoms. The molecule has 1 N–H and O–H groups in total. The van der Waals surface area contributed by atoms with Crippen LogP contribution in [0.25, 0.3) is 0 Å².